The van der Waals surface area contributed by atoms with Crippen molar-refractivity contribution in [3.63, 3.8) is 0 Å². The Hall–Kier alpha value is -0.480. The number of hydrogen-bond acceptors (Lipinski definition) is 1. The summed E-state index contributed by atoms with van der Waals surface area (Å²) in [5, 5.41) is 0.972. The minimum Gasteiger partial charge on any atom is -0.296 e. The van der Waals surface area contributed by atoms with Gasteiger partial charge in [-0.1, -0.05) is 28.4 Å². The molecule has 0 N–H and O–H groups in total. The average molecular weight is 318 g/mol. The molecule has 0 radical (unpaired) electrons. The Bertz CT molecular complexity index is 395. The van der Waals surface area contributed by atoms with Crippen LogP contribution in [-0.2, 0) is 6.54 Å². The second-order valence-corrected chi connectivity index (χ2v) is 5.63. The maximum atomic E-state index is 13.6. The molecule has 1 fully saturated rings. The van der Waals surface area contributed by atoms with Gasteiger partial charge in [-0.2, -0.15) is 0 Å². The third-order valence-corrected chi connectivity index (χ3v) is 4.04. The molecule has 0 saturated carbocycles. The van der Waals surface area contributed by atoms with Crippen LogP contribution in [0.1, 0.15) is 31.2 Å². The maximum absolute atomic E-state index is 13.6. The zero-order valence-electron chi connectivity index (χ0n) is 10.3. The van der Waals surface area contributed by atoms with Gasteiger partial charge in [0.1, 0.15) is 11.6 Å². The van der Waals surface area contributed by atoms with E-state index in [1.54, 1.807) is 6.07 Å². The van der Waals surface area contributed by atoms with E-state index < -0.39 is 11.6 Å². The minimum atomic E-state index is -0.507. The first-order chi connectivity index (χ1) is 8.70. The number of alkyl halides is 1. The zero-order valence-corrected chi connectivity index (χ0v) is 11.9. The van der Waals surface area contributed by atoms with Gasteiger partial charge in [-0.25, -0.2) is 8.78 Å². The van der Waals surface area contributed by atoms with Crippen molar-refractivity contribution in [2.75, 3.05) is 11.9 Å². The van der Waals surface area contributed by atoms with Gasteiger partial charge >= 0.3 is 0 Å². The molecule has 4 heteroatoms. The van der Waals surface area contributed by atoms with Gasteiger partial charge in [0.15, 0.2) is 0 Å². The third kappa shape index (κ3) is 3.51. The van der Waals surface area contributed by atoms with E-state index in [2.05, 4.69) is 20.8 Å². The summed E-state index contributed by atoms with van der Waals surface area (Å²) in [6.07, 6.45) is 4.68. The first-order valence-electron chi connectivity index (χ1n) is 6.44. The summed E-state index contributed by atoms with van der Waals surface area (Å²) < 4.78 is 26.5. The van der Waals surface area contributed by atoms with E-state index in [1.165, 1.54) is 25.3 Å². The first-order valence-corrected chi connectivity index (χ1v) is 7.57. The predicted molar refractivity (Wildman–Crippen MR) is 72.8 cm³/mol. The largest absolute Gasteiger partial charge is 0.296 e. The number of likely N-dealkylation sites (tertiary alicyclic amines) is 1. The summed E-state index contributed by atoms with van der Waals surface area (Å²) in [5.74, 6) is -0.940. The minimum absolute atomic E-state index is 0.432. The molecular weight excluding hydrogens is 300 g/mol. The molecule has 0 bridgehead atoms. The third-order valence-electron chi connectivity index (χ3n) is 3.58. The summed E-state index contributed by atoms with van der Waals surface area (Å²) in [7, 11) is 0. The fourth-order valence-corrected chi connectivity index (χ4v) is 3.12. The van der Waals surface area contributed by atoms with Crippen molar-refractivity contribution < 1.29 is 8.78 Å². The predicted octanol–water partition coefficient (Wildman–Crippen LogP) is 4.10. The Morgan fingerprint density at radius 3 is 2.83 bits per heavy atom. The van der Waals surface area contributed by atoms with Crippen LogP contribution in [-0.4, -0.2) is 22.8 Å². The van der Waals surface area contributed by atoms with Crippen molar-refractivity contribution in [2.24, 2.45) is 0 Å². The Labute approximate surface area is 115 Å². The van der Waals surface area contributed by atoms with Gasteiger partial charge in [-0.15, -0.1) is 0 Å². The van der Waals surface area contributed by atoms with E-state index in [4.69, 9.17) is 0 Å². The highest BCUT2D eigenvalue weighted by Gasteiger charge is 2.22. The van der Waals surface area contributed by atoms with Crippen LogP contribution < -0.4 is 0 Å². The maximum Gasteiger partial charge on any atom is 0.130 e. The van der Waals surface area contributed by atoms with Crippen molar-refractivity contribution in [3.05, 3.63) is 35.4 Å². The Kier molecular flexibility index (Phi) is 5.13. The summed E-state index contributed by atoms with van der Waals surface area (Å²) in [6.45, 7) is 1.60. The normalized spacial score (nSPS) is 21.2. The quantitative estimate of drug-likeness (QED) is 0.756. The second kappa shape index (κ2) is 6.62. The Morgan fingerprint density at radius 2 is 2.11 bits per heavy atom. The lowest BCUT2D eigenvalue weighted by Crippen LogP contribution is -2.39. The highest BCUT2D eigenvalue weighted by atomic mass is 79.9. The van der Waals surface area contributed by atoms with E-state index >= 15 is 0 Å². The van der Waals surface area contributed by atoms with Crippen molar-refractivity contribution in [3.8, 4) is 0 Å². The molecular formula is C14H18BrF2N. The molecule has 1 atom stereocenters. The monoisotopic (exact) mass is 317 g/mol. The van der Waals surface area contributed by atoms with Crippen LogP contribution in [0.2, 0.25) is 0 Å². The fraction of sp³-hybridized carbons (Fsp3) is 0.571. The van der Waals surface area contributed by atoms with Crippen molar-refractivity contribution >= 4 is 15.9 Å². The molecule has 0 aromatic heterocycles. The summed E-state index contributed by atoms with van der Waals surface area (Å²) in [6, 6.07) is 4.38. The molecule has 1 aromatic rings. The van der Waals surface area contributed by atoms with Gasteiger partial charge in [-0.3, -0.25) is 4.90 Å². The molecule has 2 rings (SSSR count). The van der Waals surface area contributed by atoms with Crippen LogP contribution in [0.4, 0.5) is 8.78 Å². The molecule has 1 unspecified atom stereocenters. The van der Waals surface area contributed by atoms with Gasteiger partial charge < -0.3 is 0 Å². The van der Waals surface area contributed by atoms with Gasteiger partial charge in [0, 0.05) is 29.5 Å². The van der Waals surface area contributed by atoms with Crippen LogP contribution in [0, 0.1) is 11.6 Å². The van der Waals surface area contributed by atoms with Gasteiger partial charge in [0.25, 0.3) is 0 Å². The van der Waals surface area contributed by atoms with Gasteiger partial charge in [0.05, 0.1) is 0 Å². The summed E-state index contributed by atoms with van der Waals surface area (Å²) in [5.41, 5.74) is 0.595. The molecule has 1 nitrogen and oxygen atoms in total. The van der Waals surface area contributed by atoms with Crippen molar-refractivity contribution in [1.29, 1.82) is 0 Å². The average Bonchev–Trinajstić information content (AvgIpc) is 2.35. The molecule has 0 amide bonds. The number of halogens is 3. The van der Waals surface area contributed by atoms with Crippen LogP contribution in [0.5, 0.6) is 0 Å². The topological polar surface area (TPSA) is 3.24 Å². The lowest BCUT2D eigenvalue weighted by molar-refractivity contribution is 0.135. The number of piperidine rings is 1. The van der Waals surface area contributed by atoms with Gasteiger partial charge in [0.2, 0.25) is 0 Å². The van der Waals surface area contributed by atoms with Crippen molar-refractivity contribution in [2.45, 2.75) is 38.3 Å². The lowest BCUT2D eigenvalue weighted by atomic mass is 9.99. The number of rotatable bonds is 4. The highest BCUT2D eigenvalue weighted by molar-refractivity contribution is 9.09. The fourth-order valence-electron chi connectivity index (χ4n) is 2.59. The van der Waals surface area contributed by atoms with Gasteiger partial charge in [-0.05, 0) is 31.9 Å². The molecule has 1 heterocycles. The Morgan fingerprint density at radius 1 is 1.28 bits per heavy atom. The molecule has 1 saturated heterocycles. The number of benzene rings is 1. The number of nitrogens with zero attached hydrogens (tertiary/aromatic N) is 1. The zero-order chi connectivity index (χ0) is 13.0. The smallest absolute Gasteiger partial charge is 0.130 e. The molecule has 100 valence electrons. The molecule has 1 aromatic carbocycles. The lowest BCUT2D eigenvalue weighted by Gasteiger charge is -2.35. The molecule has 0 aliphatic carbocycles. The molecule has 18 heavy (non-hydrogen) atoms. The van der Waals surface area contributed by atoms with Crippen LogP contribution >= 0.6 is 15.9 Å². The van der Waals surface area contributed by atoms with Crippen LogP contribution in [0.3, 0.4) is 0 Å². The SMILES string of the molecule is Fc1ccc(CN2CCCCC2CCBr)c(F)c1. The summed E-state index contributed by atoms with van der Waals surface area (Å²) in [4.78, 5) is 2.32. The van der Waals surface area contributed by atoms with E-state index in [-0.39, 0.29) is 0 Å². The first kappa shape index (κ1) is 13.9. The Balaban J connectivity index is 2.06. The number of hydrogen-bond donors (Lipinski definition) is 0. The summed E-state index contributed by atoms with van der Waals surface area (Å²) >= 11 is 3.47. The van der Waals surface area contributed by atoms with E-state index in [0.717, 1.165) is 24.4 Å². The van der Waals surface area contributed by atoms with Crippen LogP contribution in [0.15, 0.2) is 18.2 Å². The van der Waals surface area contributed by atoms with Crippen molar-refractivity contribution in [1.82, 2.24) is 4.90 Å². The highest BCUT2D eigenvalue weighted by Crippen LogP contribution is 2.23. The van der Waals surface area contributed by atoms with E-state index in [9.17, 15) is 8.78 Å². The molecule has 1 aliphatic heterocycles. The second-order valence-electron chi connectivity index (χ2n) is 4.83. The van der Waals surface area contributed by atoms with E-state index in [1.807, 2.05) is 0 Å². The van der Waals surface area contributed by atoms with E-state index in [0.29, 0.717) is 18.2 Å². The standard InChI is InChI=1S/C14H18BrF2N/c15-7-6-13-3-1-2-8-18(13)10-11-4-5-12(16)9-14(11)17/h4-5,9,13H,1-3,6-8,10H2. The molecule has 0 spiro atoms. The van der Waals surface area contributed by atoms with Crippen LogP contribution in [0.25, 0.3) is 0 Å². The molecule has 1 aliphatic rings.